The highest BCUT2D eigenvalue weighted by atomic mass is 19.4. The number of amides is 2. The Bertz CT molecular complexity index is 1470. The highest BCUT2D eigenvalue weighted by Gasteiger charge is 2.32. The van der Waals surface area contributed by atoms with Gasteiger partial charge in [-0.05, 0) is 62.1 Å². The molecule has 41 heavy (non-hydrogen) atoms. The summed E-state index contributed by atoms with van der Waals surface area (Å²) in [7, 11) is 3.62. The lowest BCUT2D eigenvalue weighted by Crippen LogP contribution is -2.31. The number of nitrogens with one attached hydrogen (secondary N) is 3. The van der Waals surface area contributed by atoms with Crippen molar-refractivity contribution in [1.29, 1.82) is 0 Å². The lowest BCUT2D eigenvalue weighted by Gasteiger charge is -2.14. The third-order valence-electron chi connectivity index (χ3n) is 5.80. The van der Waals surface area contributed by atoms with Gasteiger partial charge in [-0.15, -0.1) is 0 Å². The Labute approximate surface area is 235 Å². The molecule has 2 heterocycles. The maximum absolute atomic E-state index is 13.5. The van der Waals surface area contributed by atoms with E-state index in [0.29, 0.717) is 41.7 Å². The van der Waals surface area contributed by atoms with Gasteiger partial charge in [0.15, 0.2) is 0 Å². The minimum Gasteiger partial charge on any atom is -0.457 e. The van der Waals surface area contributed by atoms with Crippen LogP contribution >= 0.6 is 0 Å². The number of anilines is 1. The Morgan fingerprint density at radius 2 is 1.90 bits per heavy atom. The number of likely N-dealkylation sites (N-methyl/N-ethyl adjacent to an activating group) is 1. The van der Waals surface area contributed by atoms with Crippen LogP contribution in [0.15, 0.2) is 71.9 Å². The summed E-state index contributed by atoms with van der Waals surface area (Å²) in [4.78, 5) is 35.5. The van der Waals surface area contributed by atoms with E-state index in [1.54, 1.807) is 42.6 Å². The van der Waals surface area contributed by atoms with Crippen LogP contribution in [0.3, 0.4) is 0 Å². The molecule has 0 radical (unpaired) electrons. The molecule has 0 aliphatic carbocycles. The van der Waals surface area contributed by atoms with E-state index in [1.165, 1.54) is 18.2 Å². The Hall–Kier alpha value is -4.71. The Morgan fingerprint density at radius 3 is 2.63 bits per heavy atom. The number of aromatic nitrogens is 1. The van der Waals surface area contributed by atoms with Crippen LogP contribution in [0.25, 0.3) is 6.08 Å². The van der Waals surface area contributed by atoms with E-state index in [1.807, 2.05) is 19.0 Å². The van der Waals surface area contributed by atoms with Gasteiger partial charge >= 0.3 is 6.18 Å². The van der Waals surface area contributed by atoms with Crippen LogP contribution in [0.5, 0.6) is 11.5 Å². The molecule has 0 bridgehead atoms. The van der Waals surface area contributed by atoms with E-state index >= 15 is 0 Å². The second-order valence-corrected chi connectivity index (χ2v) is 9.39. The number of amidine groups is 1. The normalized spacial score (nSPS) is 13.2. The first-order valence-electron chi connectivity index (χ1n) is 12.7. The lowest BCUT2D eigenvalue weighted by atomic mass is 10.1. The molecule has 214 valence electrons. The van der Waals surface area contributed by atoms with Crippen molar-refractivity contribution < 1.29 is 27.5 Å². The van der Waals surface area contributed by atoms with Crippen molar-refractivity contribution in [2.45, 2.75) is 6.18 Å². The molecule has 2 amide bonds. The average Bonchev–Trinajstić information content (AvgIpc) is 3.47. The van der Waals surface area contributed by atoms with E-state index in [0.717, 1.165) is 18.7 Å². The minimum absolute atomic E-state index is 0.154. The van der Waals surface area contributed by atoms with E-state index in [2.05, 4.69) is 25.9 Å². The molecular formula is C29H29F3N6O3. The number of carbonyl (C=O) groups is 2. The Balaban J connectivity index is 1.43. The molecule has 4 rings (SSSR count). The number of alkyl halides is 3. The van der Waals surface area contributed by atoms with Gasteiger partial charge < -0.3 is 25.6 Å². The van der Waals surface area contributed by atoms with Gasteiger partial charge in [-0.25, -0.2) is 0 Å². The number of carbonyl (C=O) groups excluding carboxylic acids is 2. The number of benzene rings is 2. The van der Waals surface area contributed by atoms with Gasteiger partial charge in [0, 0.05) is 49.2 Å². The summed E-state index contributed by atoms with van der Waals surface area (Å²) in [5, 5.41) is 8.15. The van der Waals surface area contributed by atoms with Crippen LogP contribution in [0.4, 0.5) is 18.9 Å². The van der Waals surface area contributed by atoms with E-state index in [-0.39, 0.29) is 17.8 Å². The number of hydrogen-bond donors (Lipinski definition) is 3. The SMILES string of the molecule is CN(C)CCNC(=O)c1cc(NC(=O)C=Cc2cccc(Oc3ccnc(C4=NCCN4)c3)c2)cc(C(F)(F)F)c1. The van der Waals surface area contributed by atoms with Crippen LogP contribution in [-0.2, 0) is 11.0 Å². The third-order valence-corrected chi connectivity index (χ3v) is 5.80. The second kappa shape index (κ2) is 13.1. The Morgan fingerprint density at radius 1 is 1.10 bits per heavy atom. The number of hydrogen-bond acceptors (Lipinski definition) is 7. The van der Waals surface area contributed by atoms with Crippen LogP contribution in [0.2, 0.25) is 0 Å². The molecule has 0 spiro atoms. The summed E-state index contributed by atoms with van der Waals surface area (Å²) >= 11 is 0. The largest absolute Gasteiger partial charge is 0.457 e. The number of pyridine rings is 1. The molecule has 0 fully saturated rings. The quantitative estimate of drug-likeness (QED) is 0.318. The molecule has 9 nitrogen and oxygen atoms in total. The lowest BCUT2D eigenvalue weighted by molar-refractivity contribution is -0.137. The number of aliphatic imine (C=N–C) groups is 1. The van der Waals surface area contributed by atoms with Crippen LogP contribution in [0.1, 0.15) is 27.2 Å². The summed E-state index contributed by atoms with van der Waals surface area (Å²) in [6, 6.07) is 13.2. The van der Waals surface area contributed by atoms with Crippen LogP contribution in [0, 0.1) is 0 Å². The predicted molar refractivity (Wildman–Crippen MR) is 150 cm³/mol. The van der Waals surface area contributed by atoms with E-state index in [9.17, 15) is 22.8 Å². The average molecular weight is 567 g/mol. The molecule has 1 aliphatic heterocycles. The molecule has 0 saturated heterocycles. The van der Waals surface area contributed by atoms with Gasteiger partial charge in [-0.3, -0.25) is 19.6 Å². The zero-order chi connectivity index (χ0) is 29.4. The topological polar surface area (TPSA) is 108 Å². The first-order chi connectivity index (χ1) is 19.6. The van der Waals surface area contributed by atoms with E-state index < -0.39 is 23.6 Å². The minimum atomic E-state index is -4.70. The second-order valence-electron chi connectivity index (χ2n) is 9.39. The summed E-state index contributed by atoms with van der Waals surface area (Å²) in [5.41, 5.74) is -0.121. The number of nitrogens with zero attached hydrogens (tertiary/aromatic N) is 3. The first kappa shape index (κ1) is 29.3. The standard InChI is InChI=1S/C29H29F3N6O3/c1-38(2)13-12-36-28(40)20-15-21(29(30,31)32)17-22(16-20)37-26(39)7-6-19-4-3-5-23(14-19)41-24-8-9-33-25(18-24)27-34-10-11-35-27/h3-9,14-18H,10-13H2,1-2H3,(H,34,35)(H,36,40)(H,37,39). The van der Waals surface area contributed by atoms with Crippen molar-refractivity contribution in [3.8, 4) is 11.5 Å². The predicted octanol–water partition coefficient (Wildman–Crippen LogP) is 4.19. The van der Waals surface area contributed by atoms with Crippen molar-refractivity contribution in [2.24, 2.45) is 4.99 Å². The van der Waals surface area contributed by atoms with Gasteiger partial charge in [0.05, 0.1) is 12.1 Å². The van der Waals surface area contributed by atoms with Crippen molar-refractivity contribution in [1.82, 2.24) is 20.5 Å². The van der Waals surface area contributed by atoms with E-state index in [4.69, 9.17) is 4.74 Å². The fraction of sp³-hybridized carbons (Fsp3) is 0.241. The Kier molecular flexibility index (Phi) is 9.35. The van der Waals surface area contributed by atoms with Crippen molar-refractivity contribution in [2.75, 3.05) is 45.6 Å². The first-order valence-corrected chi connectivity index (χ1v) is 12.7. The highest BCUT2D eigenvalue weighted by molar-refractivity contribution is 6.03. The number of ether oxygens (including phenoxy) is 1. The molecule has 3 aromatic rings. The fourth-order valence-electron chi connectivity index (χ4n) is 3.84. The van der Waals surface area contributed by atoms with Gasteiger partial charge in [0.2, 0.25) is 5.91 Å². The monoisotopic (exact) mass is 566 g/mol. The number of halogens is 3. The molecule has 1 aromatic heterocycles. The molecule has 12 heteroatoms. The van der Waals surface area contributed by atoms with Gasteiger partial charge in [0.1, 0.15) is 23.0 Å². The highest BCUT2D eigenvalue weighted by Crippen LogP contribution is 2.32. The summed E-state index contributed by atoms with van der Waals surface area (Å²) in [6.45, 7) is 2.21. The molecule has 0 saturated carbocycles. The molecule has 2 aromatic carbocycles. The zero-order valence-electron chi connectivity index (χ0n) is 22.5. The maximum atomic E-state index is 13.5. The molecule has 0 atom stereocenters. The van der Waals surface area contributed by atoms with Gasteiger partial charge in [-0.1, -0.05) is 12.1 Å². The fourth-order valence-corrected chi connectivity index (χ4v) is 3.84. The third kappa shape index (κ3) is 8.64. The van der Waals surface area contributed by atoms with Crippen LogP contribution < -0.4 is 20.7 Å². The van der Waals surface area contributed by atoms with Crippen molar-refractivity contribution in [3.05, 3.63) is 89.3 Å². The molecule has 3 N–H and O–H groups in total. The van der Waals surface area contributed by atoms with Crippen LogP contribution in [-0.4, -0.2) is 67.8 Å². The zero-order valence-corrected chi connectivity index (χ0v) is 22.5. The van der Waals surface area contributed by atoms with Crippen molar-refractivity contribution >= 4 is 29.4 Å². The van der Waals surface area contributed by atoms with Gasteiger partial charge in [-0.2, -0.15) is 13.2 Å². The smallest absolute Gasteiger partial charge is 0.416 e. The molecule has 1 aliphatic rings. The number of rotatable bonds is 10. The summed E-state index contributed by atoms with van der Waals surface area (Å²) in [6.07, 6.45) is -0.398. The maximum Gasteiger partial charge on any atom is 0.416 e. The van der Waals surface area contributed by atoms with Gasteiger partial charge in [0.25, 0.3) is 5.91 Å². The van der Waals surface area contributed by atoms with Crippen molar-refractivity contribution in [3.63, 3.8) is 0 Å². The molecular weight excluding hydrogens is 537 g/mol. The summed E-state index contributed by atoms with van der Waals surface area (Å²) in [5.74, 6) is 0.425. The molecule has 0 unspecified atom stereocenters. The summed E-state index contributed by atoms with van der Waals surface area (Å²) < 4.78 is 46.4.